The van der Waals surface area contributed by atoms with Gasteiger partial charge in [0.15, 0.2) is 0 Å². The summed E-state index contributed by atoms with van der Waals surface area (Å²) in [6.45, 7) is 0.458. The van der Waals surface area contributed by atoms with Crippen LogP contribution in [-0.2, 0) is 12.0 Å². The number of benzene rings is 1. The fourth-order valence-electron chi connectivity index (χ4n) is 3.00. The van der Waals surface area contributed by atoms with E-state index in [0.29, 0.717) is 31.4 Å². The van der Waals surface area contributed by atoms with Crippen LogP contribution in [-0.4, -0.2) is 17.6 Å². The van der Waals surface area contributed by atoms with Gasteiger partial charge in [-0.1, -0.05) is 12.1 Å². The Morgan fingerprint density at radius 3 is 2.71 bits per heavy atom. The lowest BCUT2D eigenvalue weighted by Gasteiger charge is -2.43. The molecule has 0 aliphatic heterocycles. The number of nitrogens with one attached hydrogen (secondary N) is 2. The van der Waals surface area contributed by atoms with Crippen LogP contribution in [0.15, 0.2) is 42.7 Å². The van der Waals surface area contributed by atoms with E-state index in [4.69, 9.17) is 0 Å². The highest BCUT2D eigenvalue weighted by atomic mass is 19.1. The summed E-state index contributed by atoms with van der Waals surface area (Å²) in [5.41, 5.74) is 0.634. The molecule has 2 aromatic rings. The van der Waals surface area contributed by atoms with E-state index >= 15 is 0 Å². The molecule has 1 heterocycles. The van der Waals surface area contributed by atoms with Crippen molar-refractivity contribution in [3.8, 4) is 0 Å². The third-order valence-corrected chi connectivity index (χ3v) is 4.43. The maximum absolute atomic E-state index is 14.1. The summed E-state index contributed by atoms with van der Waals surface area (Å²) in [5.74, 6) is -1.24. The van der Waals surface area contributed by atoms with Gasteiger partial charge in [0.05, 0.1) is 5.54 Å². The summed E-state index contributed by atoms with van der Waals surface area (Å²) in [4.78, 5) is 16.2. The monoisotopic (exact) mass is 331 g/mol. The number of carbonyl (C=O) groups is 1. The maximum Gasteiger partial charge on any atom is 0.315 e. The average molecular weight is 331 g/mol. The second kappa shape index (κ2) is 6.95. The number of halogens is 2. The quantitative estimate of drug-likeness (QED) is 0.883. The Labute approximate surface area is 139 Å². The maximum atomic E-state index is 14.1. The second-order valence-corrected chi connectivity index (χ2v) is 6.05. The minimum absolute atomic E-state index is 0.345. The van der Waals surface area contributed by atoms with E-state index < -0.39 is 17.2 Å². The number of urea groups is 1. The third kappa shape index (κ3) is 3.53. The molecule has 24 heavy (non-hydrogen) atoms. The SMILES string of the molecule is O=C(NCCc1cccnc1)NC1(c2ccc(F)cc2F)CCC1. The standard InChI is InChI=1S/C18H19F2N3O/c19-14-4-5-15(16(20)11-14)18(7-2-8-18)23-17(24)22-10-6-13-3-1-9-21-12-13/h1,3-5,9,11-12H,2,6-8,10H2,(H2,22,23,24). The van der Waals surface area contributed by atoms with Crippen molar-refractivity contribution >= 4 is 6.03 Å². The predicted molar refractivity (Wildman–Crippen MR) is 86.4 cm³/mol. The summed E-state index contributed by atoms with van der Waals surface area (Å²) in [7, 11) is 0. The zero-order valence-corrected chi connectivity index (χ0v) is 13.2. The van der Waals surface area contributed by atoms with Crippen LogP contribution in [0.25, 0.3) is 0 Å². The van der Waals surface area contributed by atoms with Crippen LogP contribution in [0.1, 0.15) is 30.4 Å². The molecule has 0 unspecified atom stereocenters. The topological polar surface area (TPSA) is 54.0 Å². The highest BCUT2D eigenvalue weighted by Crippen LogP contribution is 2.42. The Balaban J connectivity index is 1.59. The van der Waals surface area contributed by atoms with Gasteiger partial charge in [0, 0.05) is 30.6 Å². The van der Waals surface area contributed by atoms with Crippen molar-refractivity contribution in [1.29, 1.82) is 0 Å². The summed E-state index contributed by atoms with van der Waals surface area (Å²) in [6.07, 6.45) is 6.30. The van der Waals surface area contributed by atoms with Crippen molar-refractivity contribution in [2.24, 2.45) is 0 Å². The van der Waals surface area contributed by atoms with E-state index in [0.717, 1.165) is 18.1 Å². The number of nitrogens with zero attached hydrogens (tertiary/aromatic N) is 1. The molecule has 1 aliphatic rings. The molecule has 0 saturated heterocycles. The molecule has 6 heteroatoms. The molecule has 1 saturated carbocycles. The molecule has 1 fully saturated rings. The van der Waals surface area contributed by atoms with Crippen molar-refractivity contribution in [3.05, 3.63) is 65.5 Å². The smallest absolute Gasteiger partial charge is 0.315 e. The van der Waals surface area contributed by atoms with Crippen molar-refractivity contribution in [3.63, 3.8) is 0 Å². The van der Waals surface area contributed by atoms with Crippen molar-refractivity contribution in [2.45, 2.75) is 31.2 Å². The minimum atomic E-state index is -0.740. The van der Waals surface area contributed by atoms with Crippen LogP contribution < -0.4 is 10.6 Å². The van der Waals surface area contributed by atoms with Gasteiger partial charge in [-0.25, -0.2) is 13.6 Å². The fourth-order valence-corrected chi connectivity index (χ4v) is 3.00. The number of pyridine rings is 1. The molecule has 4 nitrogen and oxygen atoms in total. The first-order valence-electron chi connectivity index (χ1n) is 7.99. The number of hydrogen-bond donors (Lipinski definition) is 2. The zero-order valence-electron chi connectivity index (χ0n) is 13.2. The largest absolute Gasteiger partial charge is 0.338 e. The first kappa shape index (κ1) is 16.4. The van der Waals surface area contributed by atoms with E-state index in [1.165, 1.54) is 12.1 Å². The third-order valence-electron chi connectivity index (χ3n) is 4.43. The van der Waals surface area contributed by atoms with Crippen molar-refractivity contribution in [1.82, 2.24) is 15.6 Å². The number of rotatable bonds is 5. The van der Waals surface area contributed by atoms with Crippen molar-refractivity contribution < 1.29 is 13.6 Å². The van der Waals surface area contributed by atoms with Crippen LogP contribution in [0.5, 0.6) is 0 Å². The molecule has 0 atom stereocenters. The second-order valence-electron chi connectivity index (χ2n) is 6.05. The molecular formula is C18H19F2N3O. The van der Waals surface area contributed by atoms with Crippen LogP contribution in [0.2, 0.25) is 0 Å². The molecule has 0 bridgehead atoms. The lowest BCUT2D eigenvalue weighted by molar-refractivity contribution is 0.173. The first-order chi connectivity index (χ1) is 11.6. The average Bonchev–Trinajstić information content (AvgIpc) is 2.52. The highest BCUT2D eigenvalue weighted by Gasteiger charge is 2.42. The Hall–Kier alpha value is -2.50. The molecule has 1 aliphatic carbocycles. The van der Waals surface area contributed by atoms with Crippen molar-refractivity contribution in [2.75, 3.05) is 6.54 Å². The molecule has 1 aromatic heterocycles. The molecule has 3 rings (SSSR count). The minimum Gasteiger partial charge on any atom is -0.338 e. The van der Waals surface area contributed by atoms with Gasteiger partial charge in [-0.2, -0.15) is 0 Å². The van der Waals surface area contributed by atoms with E-state index in [9.17, 15) is 13.6 Å². The molecular weight excluding hydrogens is 312 g/mol. The summed E-state index contributed by atoms with van der Waals surface area (Å²) in [6, 6.07) is 6.93. The predicted octanol–water partition coefficient (Wildman–Crippen LogP) is 3.28. The number of aromatic nitrogens is 1. The van der Waals surface area contributed by atoms with E-state index in [2.05, 4.69) is 15.6 Å². The molecule has 2 N–H and O–H groups in total. The van der Waals surface area contributed by atoms with Crippen LogP contribution in [0.4, 0.5) is 13.6 Å². The van der Waals surface area contributed by atoms with Gasteiger partial charge in [0.2, 0.25) is 0 Å². The van der Waals surface area contributed by atoms with Gasteiger partial charge in [-0.3, -0.25) is 4.98 Å². The molecule has 126 valence electrons. The van der Waals surface area contributed by atoms with E-state index in [1.807, 2.05) is 12.1 Å². The van der Waals surface area contributed by atoms with Gasteiger partial charge in [-0.05, 0) is 43.4 Å². The normalized spacial score (nSPS) is 15.4. The summed E-state index contributed by atoms with van der Waals surface area (Å²) < 4.78 is 27.2. The number of carbonyl (C=O) groups excluding carboxylic acids is 1. The van der Waals surface area contributed by atoms with E-state index in [1.54, 1.807) is 12.4 Å². The van der Waals surface area contributed by atoms with Gasteiger partial charge in [-0.15, -0.1) is 0 Å². The highest BCUT2D eigenvalue weighted by molar-refractivity contribution is 5.75. The molecule has 0 spiro atoms. The Kier molecular flexibility index (Phi) is 4.74. The lowest BCUT2D eigenvalue weighted by Crippen LogP contribution is -2.54. The number of amides is 2. The summed E-state index contributed by atoms with van der Waals surface area (Å²) in [5, 5.41) is 5.65. The van der Waals surface area contributed by atoms with Gasteiger partial charge in [0.25, 0.3) is 0 Å². The van der Waals surface area contributed by atoms with Gasteiger partial charge >= 0.3 is 6.03 Å². The van der Waals surface area contributed by atoms with E-state index in [-0.39, 0.29) is 6.03 Å². The van der Waals surface area contributed by atoms with Crippen LogP contribution >= 0.6 is 0 Å². The summed E-state index contributed by atoms with van der Waals surface area (Å²) >= 11 is 0. The van der Waals surface area contributed by atoms with Crippen LogP contribution in [0.3, 0.4) is 0 Å². The Bertz CT molecular complexity index is 717. The number of hydrogen-bond acceptors (Lipinski definition) is 2. The first-order valence-corrected chi connectivity index (χ1v) is 7.99. The zero-order chi connectivity index (χ0) is 17.0. The Morgan fingerprint density at radius 1 is 1.25 bits per heavy atom. The lowest BCUT2D eigenvalue weighted by atomic mass is 9.71. The molecule has 0 radical (unpaired) electrons. The molecule has 1 aromatic carbocycles. The Morgan fingerprint density at radius 2 is 2.08 bits per heavy atom. The van der Waals surface area contributed by atoms with Gasteiger partial charge in [0.1, 0.15) is 11.6 Å². The molecule has 2 amide bonds. The fraction of sp³-hybridized carbons (Fsp3) is 0.333. The van der Waals surface area contributed by atoms with Gasteiger partial charge < -0.3 is 10.6 Å². The van der Waals surface area contributed by atoms with Crippen LogP contribution in [0, 0.1) is 11.6 Å².